The smallest absolute Gasteiger partial charge is 0.384 e. The molecule has 3 heterocycles. The van der Waals surface area contributed by atoms with Gasteiger partial charge < -0.3 is 15.4 Å². The van der Waals surface area contributed by atoms with Gasteiger partial charge >= 0.3 is 5.69 Å². The van der Waals surface area contributed by atoms with Crippen molar-refractivity contribution in [3.05, 3.63) is 53.1 Å². The zero-order chi connectivity index (χ0) is 22.2. The molecule has 3 aromatic rings. The number of hydrogen-bond acceptors (Lipinski definition) is 8. The van der Waals surface area contributed by atoms with E-state index in [0.717, 1.165) is 5.69 Å². The van der Waals surface area contributed by atoms with Crippen LogP contribution in [0.5, 0.6) is 0 Å². The fourth-order valence-electron chi connectivity index (χ4n) is 3.56. The molecule has 2 aromatic heterocycles. The Morgan fingerprint density at radius 2 is 1.84 bits per heavy atom. The van der Waals surface area contributed by atoms with Crippen molar-refractivity contribution in [2.75, 3.05) is 36.4 Å². The number of pyridine rings is 1. The quantitative estimate of drug-likeness (QED) is 0.570. The number of aromatic nitrogens is 3. The van der Waals surface area contributed by atoms with E-state index in [4.69, 9.17) is 0 Å². The van der Waals surface area contributed by atoms with E-state index in [0.29, 0.717) is 47.8 Å². The molecule has 1 aromatic carbocycles. The van der Waals surface area contributed by atoms with E-state index < -0.39 is 21.0 Å². The van der Waals surface area contributed by atoms with E-state index in [2.05, 4.69) is 20.2 Å². The van der Waals surface area contributed by atoms with Crippen LogP contribution in [0.2, 0.25) is 0 Å². The summed E-state index contributed by atoms with van der Waals surface area (Å²) in [7, 11) is -3.25. The van der Waals surface area contributed by atoms with Gasteiger partial charge in [-0.05, 0) is 44.2 Å². The summed E-state index contributed by atoms with van der Waals surface area (Å²) in [5.74, 6) is 0.295. The molecular formula is C20H24N6O4S. The first-order chi connectivity index (χ1) is 14.8. The summed E-state index contributed by atoms with van der Waals surface area (Å²) in [5, 5.41) is 13.1. The van der Waals surface area contributed by atoms with Crippen molar-refractivity contribution in [3.8, 4) is 0 Å². The summed E-state index contributed by atoms with van der Waals surface area (Å²) in [6.07, 6.45) is 1.48. The van der Waals surface area contributed by atoms with Crippen LogP contribution in [0.1, 0.15) is 13.8 Å². The Balaban J connectivity index is 1.55. The summed E-state index contributed by atoms with van der Waals surface area (Å²) in [4.78, 5) is 22.1. The monoisotopic (exact) mass is 444 g/mol. The van der Waals surface area contributed by atoms with Gasteiger partial charge in [0.15, 0.2) is 5.65 Å². The number of nitrogens with zero attached hydrogens (tertiary/aromatic N) is 5. The molecule has 0 radical (unpaired) electrons. The Morgan fingerprint density at radius 1 is 1.10 bits per heavy atom. The SMILES string of the molecule is CC(C)S(=O)(=O)N1CCN(c2cccc(Nc3nc(=O)n(O)c4ncccc34)c2)CC1. The molecule has 164 valence electrons. The normalized spacial score (nSPS) is 15.5. The number of hydrogen-bond donors (Lipinski definition) is 2. The molecule has 31 heavy (non-hydrogen) atoms. The molecule has 2 N–H and O–H groups in total. The van der Waals surface area contributed by atoms with Gasteiger partial charge in [0, 0.05) is 43.8 Å². The fourth-order valence-corrected chi connectivity index (χ4v) is 4.82. The minimum Gasteiger partial charge on any atom is -0.422 e. The number of nitrogens with one attached hydrogen (secondary N) is 1. The van der Waals surface area contributed by atoms with Gasteiger partial charge in [-0.25, -0.2) is 18.2 Å². The van der Waals surface area contributed by atoms with E-state index in [1.807, 2.05) is 24.3 Å². The maximum Gasteiger partial charge on any atom is 0.384 e. The summed E-state index contributed by atoms with van der Waals surface area (Å²) in [6, 6.07) is 11.0. The van der Waals surface area contributed by atoms with Crippen molar-refractivity contribution >= 4 is 38.2 Å². The Kier molecular flexibility index (Phi) is 5.54. The number of fused-ring (bicyclic) bond motifs is 1. The van der Waals surface area contributed by atoms with E-state index in [1.54, 1.807) is 30.3 Å². The number of piperazine rings is 1. The number of rotatable bonds is 5. The van der Waals surface area contributed by atoms with Gasteiger partial charge in [0.25, 0.3) is 0 Å². The van der Waals surface area contributed by atoms with Gasteiger partial charge in [0.2, 0.25) is 10.0 Å². The van der Waals surface area contributed by atoms with Crippen LogP contribution in [0.25, 0.3) is 11.0 Å². The highest BCUT2D eigenvalue weighted by Crippen LogP contribution is 2.26. The third-order valence-electron chi connectivity index (χ3n) is 5.30. The predicted octanol–water partition coefficient (Wildman–Crippen LogP) is 1.63. The summed E-state index contributed by atoms with van der Waals surface area (Å²) in [6.45, 7) is 5.43. The molecule has 0 aliphatic carbocycles. The lowest BCUT2D eigenvalue weighted by molar-refractivity contribution is 0.182. The first-order valence-electron chi connectivity index (χ1n) is 9.95. The minimum atomic E-state index is -3.25. The highest BCUT2D eigenvalue weighted by atomic mass is 32.2. The second-order valence-electron chi connectivity index (χ2n) is 7.58. The Bertz CT molecular complexity index is 1270. The maximum atomic E-state index is 12.4. The van der Waals surface area contributed by atoms with Gasteiger partial charge in [0.1, 0.15) is 5.82 Å². The topological polar surface area (TPSA) is 121 Å². The molecular weight excluding hydrogens is 420 g/mol. The first kappa shape index (κ1) is 21.1. The van der Waals surface area contributed by atoms with Crippen LogP contribution < -0.4 is 15.9 Å². The molecule has 0 unspecified atom stereocenters. The molecule has 1 saturated heterocycles. The van der Waals surface area contributed by atoms with Crippen molar-refractivity contribution in [3.63, 3.8) is 0 Å². The molecule has 0 atom stereocenters. The van der Waals surface area contributed by atoms with E-state index in [9.17, 15) is 18.4 Å². The van der Waals surface area contributed by atoms with E-state index in [1.165, 1.54) is 6.20 Å². The highest BCUT2D eigenvalue weighted by Gasteiger charge is 2.29. The Hall–Kier alpha value is -3.18. The molecule has 10 nitrogen and oxygen atoms in total. The second kappa shape index (κ2) is 8.16. The molecule has 0 saturated carbocycles. The van der Waals surface area contributed by atoms with E-state index >= 15 is 0 Å². The molecule has 1 aliphatic rings. The van der Waals surface area contributed by atoms with Crippen molar-refractivity contribution in [2.24, 2.45) is 0 Å². The molecule has 1 aliphatic heterocycles. The molecule has 1 fully saturated rings. The minimum absolute atomic E-state index is 0.114. The van der Waals surface area contributed by atoms with Gasteiger partial charge in [-0.2, -0.15) is 9.29 Å². The van der Waals surface area contributed by atoms with Gasteiger partial charge in [-0.1, -0.05) is 6.07 Å². The summed E-state index contributed by atoms with van der Waals surface area (Å²) >= 11 is 0. The van der Waals surface area contributed by atoms with Crippen LogP contribution >= 0.6 is 0 Å². The summed E-state index contributed by atoms with van der Waals surface area (Å²) < 4.78 is 26.7. The lowest BCUT2D eigenvalue weighted by Crippen LogP contribution is -2.50. The van der Waals surface area contributed by atoms with E-state index in [-0.39, 0.29) is 5.65 Å². The zero-order valence-electron chi connectivity index (χ0n) is 17.3. The Morgan fingerprint density at radius 3 is 2.55 bits per heavy atom. The molecule has 0 bridgehead atoms. The Labute approximate surface area is 179 Å². The summed E-state index contributed by atoms with van der Waals surface area (Å²) in [5.41, 5.74) is 0.933. The van der Waals surface area contributed by atoms with Gasteiger partial charge in [0.05, 0.1) is 10.6 Å². The highest BCUT2D eigenvalue weighted by molar-refractivity contribution is 7.89. The van der Waals surface area contributed by atoms with Gasteiger partial charge in [-0.15, -0.1) is 4.73 Å². The molecule has 0 amide bonds. The first-order valence-corrected chi connectivity index (χ1v) is 11.5. The average Bonchev–Trinajstić information content (AvgIpc) is 2.77. The van der Waals surface area contributed by atoms with Crippen LogP contribution in [0.4, 0.5) is 17.2 Å². The van der Waals surface area contributed by atoms with Crippen molar-refractivity contribution in [1.29, 1.82) is 0 Å². The molecule has 0 spiro atoms. The third-order valence-corrected chi connectivity index (χ3v) is 7.58. The lowest BCUT2D eigenvalue weighted by atomic mass is 10.2. The van der Waals surface area contributed by atoms with Crippen molar-refractivity contribution < 1.29 is 13.6 Å². The van der Waals surface area contributed by atoms with Crippen LogP contribution in [0.3, 0.4) is 0 Å². The standard InChI is InChI=1S/C20H24N6O4S/c1-14(2)31(29,30)25-11-9-24(10-12-25)16-6-3-5-15(13-16)22-18-17-7-4-8-21-19(17)26(28)20(27)23-18/h3-8,13-14,28H,9-12H2,1-2H3,(H,22,23,27). The number of sulfonamides is 1. The van der Waals surface area contributed by atoms with Crippen molar-refractivity contribution in [1.82, 2.24) is 19.0 Å². The zero-order valence-corrected chi connectivity index (χ0v) is 18.1. The number of benzene rings is 1. The molecule has 11 heteroatoms. The average molecular weight is 445 g/mol. The fraction of sp³-hybridized carbons (Fsp3) is 0.350. The van der Waals surface area contributed by atoms with Crippen LogP contribution in [-0.2, 0) is 10.0 Å². The maximum absolute atomic E-state index is 12.4. The van der Waals surface area contributed by atoms with Crippen molar-refractivity contribution in [2.45, 2.75) is 19.1 Å². The van der Waals surface area contributed by atoms with Crippen LogP contribution in [0, 0.1) is 0 Å². The third kappa shape index (κ3) is 4.06. The largest absolute Gasteiger partial charge is 0.422 e. The van der Waals surface area contributed by atoms with Crippen LogP contribution in [0.15, 0.2) is 47.4 Å². The lowest BCUT2D eigenvalue weighted by Gasteiger charge is -2.36. The van der Waals surface area contributed by atoms with Gasteiger partial charge in [-0.3, -0.25) is 0 Å². The second-order valence-corrected chi connectivity index (χ2v) is 10.1. The van der Waals surface area contributed by atoms with Crippen LogP contribution in [-0.4, -0.2) is 64.1 Å². The molecule has 4 rings (SSSR count). The predicted molar refractivity (Wildman–Crippen MR) is 119 cm³/mol. The number of anilines is 3.